The molecule has 1 fully saturated rings. The van der Waals surface area contributed by atoms with Crippen LogP contribution in [0.5, 0.6) is 5.75 Å². The van der Waals surface area contributed by atoms with Gasteiger partial charge in [-0.15, -0.1) is 5.10 Å². The highest BCUT2D eigenvalue weighted by Gasteiger charge is 2.59. The molecule has 1 spiro atoms. The average molecular weight is 644 g/mol. The molecule has 2 amide bonds. The summed E-state index contributed by atoms with van der Waals surface area (Å²) in [4.78, 5) is 28.9. The van der Waals surface area contributed by atoms with Gasteiger partial charge in [-0.25, -0.2) is 0 Å². The molecule has 0 bridgehead atoms. The predicted molar refractivity (Wildman–Crippen MR) is 180 cm³/mol. The fraction of sp³-hybridized carbons (Fsp3) is 0.263. The first kappa shape index (κ1) is 31.3. The zero-order valence-electron chi connectivity index (χ0n) is 26.8. The molecule has 0 unspecified atom stereocenters. The number of hydrogen-bond donors (Lipinski definition) is 2. The number of aliphatic hydroxyl groups is 1. The van der Waals surface area contributed by atoms with Crippen LogP contribution in [0.3, 0.4) is 0 Å². The average Bonchev–Trinajstić information content (AvgIpc) is 3.80. The highest BCUT2D eigenvalue weighted by Crippen LogP contribution is 2.53. The Hall–Kier alpha value is -5.32. The van der Waals surface area contributed by atoms with Gasteiger partial charge in [0.1, 0.15) is 17.5 Å². The van der Waals surface area contributed by atoms with Gasteiger partial charge in [0, 0.05) is 29.3 Å². The standard InChI is InChI=1S/C38H37N5O5/c1-25-22-31(20-21-42-24-33(40-41-42)35(44)27-8-4-3-5-9-27)48-38(25)32-10-6-7-11-34(32)43(37(38)46)23-26-12-16-29(17-13-26)39-36(45)28-14-18-30(47-2)19-15-28/h3-19,24-25,31,35,44H,20-23H2,1-2H3,(H,39,45)/t25-,31+,35+,38+/m0/s1. The normalized spacial score (nSPS) is 20.6. The van der Waals surface area contributed by atoms with Crippen molar-refractivity contribution in [3.05, 3.63) is 137 Å². The smallest absolute Gasteiger partial charge is 0.264 e. The molecule has 0 aliphatic carbocycles. The number of ether oxygens (including phenoxy) is 2. The molecule has 1 aromatic heterocycles. The van der Waals surface area contributed by atoms with Crippen molar-refractivity contribution in [2.45, 2.75) is 50.7 Å². The van der Waals surface area contributed by atoms with Crippen LogP contribution in [0.4, 0.5) is 11.4 Å². The Kier molecular flexibility index (Phi) is 8.51. The molecule has 0 saturated carbocycles. The first-order valence-electron chi connectivity index (χ1n) is 16.1. The van der Waals surface area contributed by atoms with Crippen molar-refractivity contribution < 1.29 is 24.2 Å². The molecule has 4 atom stereocenters. The lowest BCUT2D eigenvalue weighted by molar-refractivity contribution is -0.146. The summed E-state index contributed by atoms with van der Waals surface area (Å²) < 4.78 is 13.6. The van der Waals surface area contributed by atoms with Crippen molar-refractivity contribution in [2.75, 3.05) is 17.3 Å². The zero-order chi connectivity index (χ0) is 33.3. The van der Waals surface area contributed by atoms with Gasteiger partial charge in [0.05, 0.1) is 31.6 Å². The van der Waals surface area contributed by atoms with Crippen molar-refractivity contribution in [1.82, 2.24) is 15.0 Å². The van der Waals surface area contributed by atoms with Crippen LogP contribution in [0.15, 0.2) is 109 Å². The summed E-state index contributed by atoms with van der Waals surface area (Å²) >= 11 is 0. The monoisotopic (exact) mass is 643 g/mol. The fourth-order valence-electron chi connectivity index (χ4n) is 6.81. The number of nitrogens with one attached hydrogen (secondary N) is 1. The number of nitrogens with zero attached hydrogens (tertiary/aromatic N) is 4. The summed E-state index contributed by atoms with van der Waals surface area (Å²) in [5, 5.41) is 22.1. The Morgan fingerprint density at radius 2 is 1.75 bits per heavy atom. The molecule has 244 valence electrons. The van der Waals surface area contributed by atoms with Crippen LogP contribution >= 0.6 is 0 Å². The molecule has 3 heterocycles. The van der Waals surface area contributed by atoms with Gasteiger partial charge < -0.3 is 24.8 Å². The number of para-hydroxylation sites is 1. The molecule has 10 nitrogen and oxygen atoms in total. The molecule has 7 rings (SSSR count). The van der Waals surface area contributed by atoms with E-state index < -0.39 is 11.7 Å². The van der Waals surface area contributed by atoms with Crippen LogP contribution in [-0.2, 0) is 28.2 Å². The van der Waals surface area contributed by atoms with E-state index in [1.54, 1.807) is 42.3 Å². The minimum Gasteiger partial charge on any atom is -0.497 e. The molecule has 4 aromatic carbocycles. The van der Waals surface area contributed by atoms with Crippen molar-refractivity contribution in [1.29, 1.82) is 0 Å². The number of amides is 2. The lowest BCUT2D eigenvalue weighted by Gasteiger charge is -2.28. The first-order chi connectivity index (χ1) is 23.4. The predicted octanol–water partition coefficient (Wildman–Crippen LogP) is 5.88. The molecule has 0 radical (unpaired) electrons. The number of rotatable bonds is 10. The molecule has 1 saturated heterocycles. The molecule has 2 aliphatic rings. The van der Waals surface area contributed by atoms with E-state index in [4.69, 9.17) is 9.47 Å². The van der Waals surface area contributed by atoms with E-state index in [1.165, 1.54) is 0 Å². The Morgan fingerprint density at radius 1 is 1.02 bits per heavy atom. The highest BCUT2D eigenvalue weighted by atomic mass is 16.5. The topological polar surface area (TPSA) is 119 Å². The van der Waals surface area contributed by atoms with Crippen LogP contribution in [0.1, 0.15) is 58.6 Å². The van der Waals surface area contributed by atoms with E-state index in [-0.39, 0.29) is 23.8 Å². The Bertz CT molecular complexity index is 1910. The van der Waals surface area contributed by atoms with Gasteiger partial charge in [-0.1, -0.05) is 72.8 Å². The summed E-state index contributed by atoms with van der Waals surface area (Å²) in [5.74, 6) is 0.365. The Labute approximate surface area is 278 Å². The van der Waals surface area contributed by atoms with Crippen LogP contribution in [0.25, 0.3) is 0 Å². The first-order valence-corrected chi connectivity index (χ1v) is 16.1. The number of aliphatic hydroxyl groups excluding tert-OH is 1. The van der Waals surface area contributed by atoms with Crippen molar-refractivity contribution in [2.24, 2.45) is 5.92 Å². The summed E-state index contributed by atoms with van der Waals surface area (Å²) in [6, 6.07) is 31.7. The summed E-state index contributed by atoms with van der Waals surface area (Å²) in [6.07, 6.45) is 2.13. The van der Waals surface area contributed by atoms with Crippen LogP contribution in [0, 0.1) is 5.92 Å². The number of aromatic nitrogens is 3. The lowest BCUT2D eigenvalue weighted by atomic mass is 9.83. The van der Waals surface area contributed by atoms with Gasteiger partial charge in [-0.05, 0) is 66.4 Å². The minimum absolute atomic E-state index is 0.0390. The third-order valence-corrected chi connectivity index (χ3v) is 9.36. The molecule has 5 aromatic rings. The fourth-order valence-corrected chi connectivity index (χ4v) is 6.81. The number of hydrogen-bond acceptors (Lipinski definition) is 7. The largest absolute Gasteiger partial charge is 0.497 e. The summed E-state index contributed by atoms with van der Waals surface area (Å²) in [5.41, 5.74) is 4.04. The second-order valence-corrected chi connectivity index (χ2v) is 12.4. The number of methoxy groups -OCH3 is 1. The SMILES string of the molecule is COc1ccc(C(=O)Nc2ccc(CN3C(=O)[C@]4(O[C@H](CCn5cc([C@H](O)c6ccccc6)nn5)C[C@@H]4C)c4ccccc43)cc2)cc1. The van der Waals surface area contributed by atoms with Gasteiger partial charge in [-0.3, -0.25) is 14.3 Å². The number of carbonyl (C=O) groups is 2. The summed E-state index contributed by atoms with van der Waals surface area (Å²) in [6.45, 7) is 3.00. The van der Waals surface area contributed by atoms with Crippen LogP contribution in [0.2, 0.25) is 0 Å². The van der Waals surface area contributed by atoms with Crippen molar-refractivity contribution in [3.8, 4) is 5.75 Å². The quantitative estimate of drug-likeness (QED) is 0.195. The molecular weight excluding hydrogens is 606 g/mol. The number of fused-ring (bicyclic) bond motifs is 2. The number of carbonyl (C=O) groups excluding carboxylic acids is 2. The Morgan fingerprint density at radius 3 is 2.50 bits per heavy atom. The van der Waals surface area contributed by atoms with E-state index in [9.17, 15) is 14.7 Å². The van der Waals surface area contributed by atoms with Crippen molar-refractivity contribution >= 4 is 23.2 Å². The molecule has 10 heteroatoms. The maximum atomic E-state index is 14.3. The molecular formula is C38H37N5O5. The van der Waals surface area contributed by atoms with Gasteiger partial charge in [0.2, 0.25) is 0 Å². The Balaban J connectivity index is 1.02. The number of benzene rings is 4. The third kappa shape index (κ3) is 5.85. The number of aryl methyl sites for hydroxylation is 1. The molecule has 2 aliphatic heterocycles. The van der Waals surface area contributed by atoms with Gasteiger partial charge in [0.15, 0.2) is 5.60 Å². The lowest BCUT2D eigenvalue weighted by Crippen LogP contribution is -2.43. The minimum atomic E-state index is -1.06. The summed E-state index contributed by atoms with van der Waals surface area (Å²) in [7, 11) is 1.58. The second-order valence-electron chi connectivity index (χ2n) is 12.4. The molecule has 48 heavy (non-hydrogen) atoms. The van der Waals surface area contributed by atoms with E-state index in [1.807, 2.05) is 83.8 Å². The van der Waals surface area contributed by atoms with E-state index in [0.29, 0.717) is 42.2 Å². The van der Waals surface area contributed by atoms with Gasteiger partial charge >= 0.3 is 0 Å². The van der Waals surface area contributed by atoms with Gasteiger partial charge in [0.25, 0.3) is 11.8 Å². The molecule has 2 N–H and O–H groups in total. The van der Waals surface area contributed by atoms with Crippen LogP contribution in [-0.4, -0.2) is 45.1 Å². The second kappa shape index (κ2) is 13.1. The number of anilines is 2. The van der Waals surface area contributed by atoms with Gasteiger partial charge in [-0.2, -0.15) is 0 Å². The highest BCUT2D eigenvalue weighted by molar-refractivity contribution is 6.07. The van der Waals surface area contributed by atoms with E-state index in [0.717, 1.165) is 28.8 Å². The van der Waals surface area contributed by atoms with E-state index in [2.05, 4.69) is 22.6 Å². The van der Waals surface area contributed by atoms with Crippen LogP contribution < -0.4 is 15.0 Å². The maximum absolute atomic E-state index is 14.3. The maximum Gasteiger partial charge on any atom is 0.264 e. The third-order valence-electron chi connectivity index (χ3n) is 9.36. The van der Waals surface area contributed by atoms with Crippen molar-refractivity contribution in [3.63, 3.8) is 0 Å². The van der Waals surface area contributed by atoms with E-state index >= 15 is 0 Å². The zero-order valence-corrected chi connectivity index (χ0v) is 26.8.